The molecule has 2 aromatic carbocycles. The Hall–Kier alpha value is -1.05. The summed E-state index contributed by atoms with van der Waals surface area (Å²) in [6.07, 6.45) is 0. The summed E-state index contributed by atoms with van der Waals surface area (Å²) in [7, 11) is 0. The first kappa shape index (κ1) is 8.54. The predicted octanol–water partition coefficient (Wildman–Crippen LogP) is 2.95. The predicted molar refractivity (Wildman–Crippen MR) is 56.8 cm³/mol. The molecule has 0 saturated heterocycles. The van der Waals surface area contributed by atoms with Crippen LogP contribution in [0.25, 0.3) is 10.8 Å². The summed E-state index contributed by atoms with van der Waals surface area (Å²) in [6, 6.07) is 11.9. The van der Waals surface area contributed by atoms with Gasteiger partial charge in [-0.2, -0.15) is 0 Å². The first-order valence-electron chi connectivity index (χ1n) is 4.19. The first-order chi connectivity index (χ1) is 6.33. The molecule has 0 aliphatic carbocycles. The van der Waals surface area contributed by atoms with Crippen LogP contribution in [0.5, 0.6) is 0 Å². The standard InChI is InChI=1S/C11H10ClN/c12-10-6-2-4-8-3-1-5-9(7-13)11(8)10/h1-6H,7,13H2. The van der Waals surface area contributed by atoms with Crippen molar-refractivity contribution < 1.29 is 0 Å². The molecule has 13 heavy (non-hydrogen) atoms. The third-order valence-electron chi connectivity index (χ3n) is 2.16. The van der Waals surface area contributed by atoms with Crippen LogP contribution in [-0.4, -0.2) is 0 Å². The summed E-state index contributed by atoms with van der Waals surface area (Å²) in [4.78, 5) is 0. The Kier molecular flexibility index (Phi) is 2.21. The summed E-state index contributed by atoms with van der Waals surface area (Å²) in [5.41, 5.74) is 6.73. The minimum Gasteiger partial charge on any atom is -0.326 e. The van der Waals surface area contributed by atoms with Crippen LogP contribution in [0.2, 0.25) is 5.02 Å². The third kappa shape index (κ3) is 1.41. The molecule has 0 saturated carbocycles. The lowest BCUT2D eigenvalue weighted by Gasteiger charge is -2.05. The highest BCUT2D eigenvalue weighted by Gasteiger charge is 2.01. The monoisotopic (exact) mass is 191 g/mol. The van der Waals surface area contributed by atoms with Crippen molar-refractivity contribution in [2.45, 2.75) is 6.54 Å². The largest absolute Gasteiger partial charge is 0.326 e. The van der Waals surface area contributed by atoms with E-state index in [1.165, 1.54) is 0 Å². The van der Waals surface area contributed by atoms with Gasteiger partial charge >= 0.3 is 0 Å². The van der Waals surface area contributed by atoms with Gasteiger partial charge in [0, 0.05) is 17.0 Å². The zero-order valence-corrected chi connectivity index (χ0v) is 7.88. The van der Waals surface area contributed by atoms with Gasteiger partial charge in [-0.15, -0.1) is 0 Å². The van der Waals surface area contributed by atoms with Crippen LogP contribution in [0, 0.1) is 0 Å². The molecule has 2 rings (SSSR count). The lowest BCUT2D eigenvalue weighted by Crippen LogP contribution is -1.96. The van der Waals surface area contributed by atoms with E-state index in [4.69, 9.17) is 17.3 Å². The van der Waals surface area contributed by atoms with E-state index < -0.39 is 0 Å². The van der Waals surface area contributed by atoms with Crippen LogP contribution in [0.3, 0.4) is 0 Å². The second-order valence-corrected chi connectivity index (χ2v) is 3.37. The molecule has 0 aliphatic rings. The van der Waals surface area contributed by atoms with Crippen molar-refractivity contribution in [2.75, 3.05) is 0 Å². The lowest BCUT2D eigenvalue weighted by atomic mass is 10.0. The molecule has 1 nitrogen and oxygen atoms in total. The number of benzene rings is 2. The fourth-order valence-electron chi connectivity index (χ4n) is 1.54. The Labute approximate surface area is 82.1 Å². The molecule has 0 unspecified atom stereocenters. The van der Waals surface area contributed by atoms with Gasteiger partial charge in [-0.3, -0.25) is 0 Å². The fourth-order valence-corrected chi connectivity index (χ4v) is 1.84. The van der Waals surface area contributed by atoms with Crippen LogP contribution in [-0.2, 0) is 6.54 Å². The van der Waals surface area contributed by atoms with Gasteiger partial charge in [0.05, 0.1) is 0 Å². The third-order valence-corrected chi connectivity index (χ3v) is 2.48. The van der Waals surface area contributed by atoms with Crippen molar-refractivity contribution in [3.63, 3.8) is 0 Å². The number of nitrogens with two attached hydrogens (primary N) is 1. The molecule has 2 N–H and O–H groups in total. The van der Waals surface area contributed by atoms with Gasteiger partial charge in [-0.05, 0) is 17.0 Å². The molecular weight excluding hydrogens is 182 g/mol. The summed E-state index contributed by atoms with van der Waals surface area (Å²) in [6.45, 7) is 0.529. The van der Waals surface area contributed by atoms with Crippen molar-refractivity contribution in [2.24, 2.45) is 5.73 Å². The Bertz CT molecular complexity index is 432. The molecule has 0 aromatic heterocycles. The molecule has 0 fully saturated rings. The molecule has 0 spiro atoms. The molecule has 2 aromatic rings. The van der Waals surface area contributed by atoms with Crippen LogP contribution in [0.1, 0.15) is 5.56 Å². The van der Waals surface area contributed by atoms with E-state index in [1.54, 1.807) is 0 Å². The summed E-state index contributed by atoms with van der Waals surface area (Å²) >= 11 is 6.09. The van der Waals surface area contributed by atoms with Gasteiger partial charge in [0.25, 0.3) is 0 Å². The summed E-state index contributed by atoms with van der Waals surface area (Å²) in [5, 5.41) is 3.00. The fraction of sp³-hybridized carbons (Fsp3) is 0.0909. The van der Waals surface area contributed by atoms with Gasteiger partial charge < -0.3 is 5.73 Å². The quantitative estimate of drug-likeness (QED) is 0.737. The van der Waals surface area contributed by atoms with Gasteiger partial charge in [-0.1, -0.05) is 41.9 Å². The number of rotatable bonds is 1. The first-order valence-corrected chi connectivity index (χ1v) is 4.57. The maximum Gasteiger partial charge on any atom is 0.0487 e. The van der Waals surface area contributed by atoms with E-state index >= 15 is 0 Å². The maximum atomic E-state index is 6.09. The minimum absolute atomic E-state index is 0.529. The van der Waals surface area contributed by atoms with Crippen LogP contribution in [0.4, 0.5) is 0 Å². The average Bonchev–Trinajstić information content (AvgIpc) is 2.17. The smallest absolute Gasteiger partial charge is 0.0487 e. The molecule has 0 amide bonds. The molecule has 0 bridgehead atoms. The van der Waals surface area contributed by atoms with Crippen molar-refractivity contribution in [3.05, 3.63) is 47.0 Å². The topological polar surface area (TPSA) is 26.0 Å². The van der Waals surface area contributed by atoms with E-state index in [2.05, 4.69) is 0 Å². The van der Waals surface area contributed by atoms with E-state index in [0.717, 1.165) is 21.4 Å². The molecule has 0 heterocycles. The van der Waals surface area contributed by atoms with Crippen molar-refractivity contribution in [3.8, 4) is 0 Å². The number of halogens is 1. The van der Waals surface area contributed by atoms with Crippen LogP contribution < -0.4 is 5.73 Å². The highest BCUT2D eigenvalue weighted by atomic mass is 35.5. The highest BCUT2D eigenvalue weighted by molar-refractivity contribution is 6.35. The SMILES string of the molecule is NCc1cccc2cccc(Cl)c12. The van der Waals surface area contributed by atoms with Crippen molar-refractivity contribution in [1.82, 2.24) is 0 Å². The van der Waals surface area contributed by atoms with Crippen molar-refractivity contribution >= 4 is 22.4 Å². The minimum atomic E-state index is 0.529. The Morgan fingerprint density at radius 2 is 1.77 bits per heavy atom. The molecule has 0 aliphatic heterocycles. The van der Waals surface area contributed by atoms with E-state index in [1.807, 2.05) is 36.4 Å². The second kappa shape index (κ2) is 3.36. The number of fused-ring (bicyclic) bond motifs is 1. The molecule has 0 atom stereocenters. The maximum absolute atomic E-state index is 6.09. The molecule has 2 heteroatoms. The molecule has 0 radical (unpaired) electrons. The van der Waals surface area contributed by atoms with Crippen LogP contribution in [0.15, 0.2) is 36.4 Å². The summed E-state index contributed by atoms with van der Waals surface area (Å²) in [5.74, 6) is 0. The number of hydrogen-bond donors (Lipinski definition) is 1. The highest BCUT2D eigenvalue weighted by Crippen LogP contribution is 2.26. The Morgan fingerprint density at radius 1 is 1.08 bits per heavy atom. The second-order valence-electron chi connectivity index (χ2n) is 2.96. The van der Waals surface area contributed by atoms with Gasteiger partial charge in [0.2, 0.25) is 0 Å². The van der Waals surface area contributed by atoms with Gasteiger partial charge in [0.15, 0.2) is 0 Å². The van der Waals surface area contributed by atoms with E-state index in [-0.39, 0.29) is 0 Å². The zero-order chi connectivity index (χ0) is 9.26. The van der Waals surface area contributed by atoms with E-state index in [9.17, 15) is 0 Å². The van der Waals surface area contributed by atoms with Gasteiger partial charge in [0.1, 0.15) is 0 Å². The van der Waals surface area contributed by atoms with E-state index in [0.29, 0.717) is 6.54 Å². The molecule has 66 valence electrons. The average molecular weight is 192 g/mol. The normalized spacial score (nSPS) is 10.6. The Balaban J connectivity index is 2.87. The van der Waals surface area contributed by atoms with Crippen LogP contribution >= 0.6 is 11.6 Å². The number of hydrogen-bond acceptors (Lipinski definition) is 1. The lowest BCUT2D eigenvalue weighted by molar-refractivity contribution is 1.09. The van der Waals surface area contributed by atoms with Gasteiger partial charge in [-0.25, -0.2) is 0 Å². The summed E-state index contributed by atoms with van der Waals surface area (Å²) < 4.78 is 0. The van der Waals surface area contributed by atoms with Crippen molar-refractivity contribution in [1.29, 1.82) is 0 Å². The Morgan fingerprint density at radius 3 is 2.46 bits per heavy atom. The molecular formula is C11H10ClN. The zero-order valence-electron chi connectivity index (χ0n) is 7.13.